The zero-order chi connectivity index (χ0) is 26.1. The van der Waals surface area contributed by atoms with E-state index in [4.69, 9.17) is 9.40 Å². The molecule has 2 aliphatic heterocycles. The quantitative estimate of drug-likeness (QED) is 0.346. The molecule has 196 valence electrons. The van der Waals surface area contributed by atoms with Crippen molar-refractivity contribution < 1.29 is 14.0 Å². The minimum Gasteiger partial charge on any atom is -0.451 e. The lowest BCUT2D eigenvalue weighted by Gasteiger charge is -2.38. The van der Waals surface area contributed by atoms with Gasteiger partial charge in [-0.2, -0.15) is 0 Å². The predicted molar refractivity (Wildman–Crippen MR) is 149 cm³/mol. The van der Waals surface area contributed by atoms with Gasteiger partial charge < -0.3 is 14.2 Å². The van der Waals surface area contributed by atoms with Gasteiger partial charge in [0.25, 0.3) is 11.8 Å². The molecule has 38 heavy (non-hydrogen) atoms. The van der Waals surface area contributed by atoms with Gasteiger partial charge in [0, 0.05) is 62.0 Å². The molecule has 6 rings (SSSR count). The molecule has 1 unspecified atom stereocenters. The van der Waals surface area contributed by atoms with Gasteiger partial charge >= 0.3 is 0 Å². The first-order chi connectivity index (χ1) is 18.6. The molecule has 2 saturated heterocycles. The van der Waals surface area contributed by atoms with Gasteiger partial charge in [-0.3, -0.25) is 14.5 Å². The number of thiazole rings is 1. The normalized spacial score (nSPS) is 18.1. The van der Waals surface area contributed by atoms with Gasteiger partial charge in [-0.15, -0.1) is 11.3 Å². The highest BCUT2D eigenvalue weighted by atomic mass is 32.1. The summed E-state index contributed by atoms with van der Waals surface area (Å²) in [7, 11) is 0. The summed E-state index contributed by atoms with van der Waals surface area (Å²) >= 11 is 1.57. The maximum atomic E-state index is 13.2. The molecule has 4 heterocycles. The monoisotopic (exact) mass is 528 g/mol. The van der Waals surface area contributed by atoms with E-state index in [1.807, 2.05) is 51.6 Å². The fourth-order valence-corrected chi connectivity index (χ4v) is 6.53. The highest BCUT2D eigenvalue weighted by Crippen LogP contribution is 2.32. The summed E-state index contributed by atoms with van der Waals surface area (Å²) < 4.78 is 5.78. The van der Waals surface area contributed by atoms with Crippen LogP contribution in [0.25, 0.3) is 11.0 Å². The van der Waals surface area contributed by atoms with E-state index in [9.17, 15) is 9.59 Å². The van der Waals surface area contributed by atoms with Crippen LogP contribution in [0.3, 0.4) is 0 Å². The number of carbonyl (C=O) groups is 2. The number of benzene rings is 2. The Balaban J connectivity index is 1.02. The lowest BCUT2D eigenvalue weighted by atomic mass is 9.97. The smallest absolute Gasteiger partial charge is 0.289 e. The number of nitrogens with zero attached hydrogens (tertiary/aromatic N) is 4. The molecular formula is C30H32N4O3S. The minimum absolute atomic E-state index is 0.0250. The molecule has 2 amide bonds. The zero-order valence-electron chi connectivity index (χ0n) is 21.6. The van der Waals surface area contributed by atoms with E-state index < -0.39 is 0 Å². The van der Waals surface area contributed by atoms with Crippen molar-refractivity contribution in [2.45, 2.75) is 31.7 Å². The molecule has 2 aromatic heterocycles. The van der Waals surface area contributed by atoms with Crippen molar-refractivity contribution in [1.29, 1.82) is 0 Å². The largest absolute Gasteiger partial charge is 0.451 e. The van der Waals surface area contributed by atoms with Crippen molar-refractivity contribution >= 4 is 34.1 Å². The third-order valence-electron chi connectivity index (χ3n) is 7.94. The van der Waals surface area contributed by atoms with Gasteiger partial charge in [0.2, 0.25) is 0 Å². The SMILES string of the molecule is CC(c1ccccc1)N1CCN(C(=O)c2csc(C3CCN(C(=O)c4cc5ccccc5o4)CC3)n2)CC1. The van der Waals surface area contributed by atoms with E-state index in [-0.39, 0.29) is 17.7 Å². The molecule has 0 aliphatic carbocycles. The Bertz CT molecular complexity index is 1380. The van der Waals surface area contributed by atoms with E-state index in [1.165, 1.54) is 5.56 Å². The highest BCUT2D eigenvalue weighted by molar-refractivity contribution is 7.09. The highest BCUT2D eigenvalue weighted by Gasteiger charge is 2.30. The number of aromatic nitrogens is 1. The molecule has 2 aromatic carbocycles. The molecule has 0 N–H and O–H groups in total. The number of furan rings is 1. The number of fused-ring (bicyclic) bond motifs is 1. The van der Waals surface area contributed by atoms with Crippen molar-refractivity contribution in [3.63, 3.8) is 0 Å². The van der Waals surface area contributed by atoms with Crippen LogP contribution in [0, 0.1) is 0 Å². The van der Waals surface area contributed by atoms with Gasteiger partial charge in [0.1, 0.15) is 11.3 Å². The van der Waals surface area contributed by atoms with E-state index in [1.54, 1.807) is 11.3 Å². The first-order valence-corrected chi connectivity index (χ1v) is 14.3. The summed E-state index contributed by atoms with van der Waals surface area (Å²) in [6.45, 7) is 6.69. The van der Waals surface area contributed by atoms with Crippen molar-refractivity contribution in [3.8, 4) is 0 Å². The van der Waals surface area contributed by atoms with Crippen molar-refractivity contribution in [3.05, 3.63) is 88.1 Å². The Hall–Kier alpha value is -3.49. The zero-order valence-corrected chi connectivity index (χ0v) is 22.4. The summed E-state index contributed by atoms with van der Waals surface area (Å²) in [5.74, 6) is 0.627. The van der Waals surface area contributed by atoms with Crippen LogP contribution in [0.2, 0.25) is 0 Å². The Kier molecular flexibility index (Phi) is 7.00. The number of hydrogen-bond donors (Lipinski definition) is 0. The number of hydrogen-bond acceptors (Lipinski definition) is 6. The van der Waals surface area contributed by atoms with Crippen LogP contribution in [0.4, 0.5) is 0 Å². The van der Waals surface area contributed by atoms with E-state index in [0.29, 0.717) is 43.7 Å². The van der Waals surface area contributed by atoms with E-state index in [2.05, 4.69) is 36.1 Å². The fraction of sp³-hybridized carbons (Fsp3) is 0.367. The van der Waals surface area contributed by atoms with Crippen molar-refractivity contribution in [1.82, 2.24) is 19.7 Å². The Morgan fingerprint density at radius 1 is 0.895 bits per heavy atom. The van der Waals surface area contributed by atoms with Crippen LogP contribution in [0.15, 0.2) is 70.5 Å². The molecule has 1 atom stereocenters. The number of piperidine rings is 1. The minimum atomic E-state index is -0.0598. The van der Waals surface area contributed by atoms with E-state index >= 15 is 0 Å². The van der Waals surface area contributed by atoms with Crippen molar-refractivity contribution in [2.75, 3.05) is 39.3 Å². The Morgan fingerprint density at radius 2 is 1.58 bits per heavy atom. The van der Waals surface area contributed by atoms with Gasteiger partial charge in [-0.1, -0.05) is 48.5 Å². The van der Waals surface area contributed by atoms with Gasteiger partial charge in [-0.25, -0.2) is 4.98 Å². The van der Waals surface area contributed by atoms with Crippen LogP contribution < -0.4 is 0 Å². The number of piperazine rings is 1. The average Bonchev–Trinajstić information content (AvgIpc) is 3.65. The first kappa shape index (κ1) is 24.8. The third-order valence-corrected chi connectivity index (χ3v) is 8.95. The maximum absolute atomic E-state index is 13.2. The average molecular weight is 529 g/mol. The number of likely N-dealkylation sites (tertiary alicyclic amines) is 1. The second kappa shape index (κ2) is 10.7. The topological polar surface area (TPSA) is 69.9 Å². The molecule has 0 saturated carbocycles. The number of rotatable bonds is 5. The van der Waals surface area contributed by atoms with Gasteiger partial charge in [0.05, 0.1) is 5.01 Å². The Morgan fingerprint density at radius 3 is 2.32 bits per heavy atom. The van der Waals surface area contributed by atoms with Crippen LogP contribution in [0.1, 0.15) is 63.3 Å². The van der Waals surface area contributed by atoms with Crippen LogP contribution >= 0.6 is 11.3 Å². The molecule has 0 spiro atoms. The van der Waals surface area contributed by atoms with Gasteiger partial charge in [-0.05, 0) is 37.5 Å². The molecule has 2 aliphatic rings. The predicted octanol–water partition coefficient (Wildman–Crippen LogP) is 5.43. The van der Waals surface area contributed by atoms with E-state index in [0.717, 1.165) is 41.9 Å². The molecule has 2 fully saturated rings. The summed E-state index contributed by atoms with van der Waals surface area (Å²) in [5, 5.41) is 3.85. The summed E-state index contributed by atoms with van der Waals surface area (Å²) in [6, 6.07) is 20.4. The van der Waals surface area contributed by atoms with Gasteiger partial charge in [0.15, 0.2) is 5.76 Å². The molecule has 8 heteroatoms. The molecular weight excluding hydrogens is 496 g/mol. The summed E-state index contributed by atoms with van der Waals surface area (Å²) in [4.78, 5) is 37.2. The molecule has 0 bridgehead atoms. The third kappa shape index (κ3) is 4.98. The second-order valence-corrected chi connectivity index (χ2v) is 11.1. The Labute approximate surface area is 226 Å². The first-order valence-electron chi connectivity index (χ1n) is 13.4. The lowest BCUT2D eigenvalue weighted by Crippen LogP contribution is -2.49. The maximum Gasteiger partial charge on any atom is 0.289 e. The van der Waals surface area contributed by atoms with Crippen LogP contribution in [0.5, 0.6) is 0 Å². The number of amides is 2. The van der Waals surface area contributed by atoms with Crippen molar-refractivity contribution in [2.24, 2.45) is 0 Å². The fourth-order valence-electron chi connectivity index (χ4n) is 5.56. The van der Waals surface area contributed by atoms with Crippen LogP contribution in [-0.2, 0) is 0 Å². The molecule has 0 radical (unpaired) electrons. The second-order valence-electron chi connectivity index (χ2n) is 10.2. The molecule has 4 aromatic rings. The molecule has 7 nitrogen and oxygen atoms in total. The summed E-state index contributed by atoms with van der Waals surface area (Å²) in [5.41, 5.74) is 2.59. The number of para-hydroxylation sites is 1. The number of carbonyl (C=O) groups excluding carboxylic acids is 2. The standard InChI is InChI=1S/C30H32N4O3S/c1-21(22-7-3-2-4-8-22)32-15-17-34(18-16-32)29(35)25-20-38-28(31-25)23-11-13-33(14-12-23)30(36)27-19-24-9-5-6-10-26(24)37-27/h2-10,19-21,23H,11-18H2,1H3. The van der Waals surface area contributed by atoms with Crippen LogP contribution in [-0.4, -0.2) is 70.8 Å². The summed E-state index contributed by atoms with van der Waals surface area (Å²) in [6.07, 6.45) is 1.67. The lowest BCUT2D eigenvalue weighted by molar-refractivity contribution is 0.0577.